The van der Waals surface area contributed by atoms with Crippen molar-refractivity contribution < 1.29 is 4.79 Å². The van der Waals surface area contributed by atoms with E-state index in [1.807, 2.05) is 23.1 Å². The predicted octanol–water partition coefficient (Wildman–Crippen LogP) is 2.08. The Hall–Kier alpha value is -1.35. The molecule has 2 rings (SSSR count). The van der Waals surface area contributed by atoms with Crippen molar-refractivity contribution in [1.29, 1.82) is 0 Å². The average Bonchev–Trinajstić information content (AvgIpc) is 2.41. The normalized spacial score (nSPS) is 16.9. The molecule has 18 heavy (non-hydrogen) atoms. The molecule has 0 N–H and O–H groups in total. The van der Waals surface area contributed by atoms with Gasteiger partial charge in [0, 0.05) is 31.7 Å². The van der Waals surface area contributed by atoms with Crippen LogP contribution in [-0.4, -0.2) is 48.4 Å². The third-order valence-electron chi connectivity index (χ3n) is 3.86. The maximum atomic E-state index is 12.4. The molecule has 0 bridgehead atoms. The number of amides is 1. The highest BCUT2D eigenvalue weighted by molar-refractivity contribution is 5.94. The van der Waals surface area contributed by atoms with Crippen LogP contribution in [0.15, 0.2) is 18.2 Å². The van der Waals surface area contributed by atoms with Crippen molar-refractivity contribution in [2.45, 2.75) is 20.8 Å². The van der Waals surface area contributed by atoms with Gasteiger partial charge in [-0.3, -0.25) is 4.79 Å². The Bertz CT molecular complexity index is 434. The molecule has 0 atom stereocenters. The minimum atomic E-state index is 0.175. The van der Waals surface area contributed by atoms with Gasteiger partial charge in [0.25, 0.3) is 5.91 Å². The molecule has 0 aromatic heterocycles. The fraction of sp³-hybridized carbons (Fsp3) is 0.533. The highest BCUT2D eigenvalue weighted by Crippen LogP contribution is 2.13. The maximum absolute atomic E-state index is 12.4. The van der Waals surface area contributed by atoms with Crippen LogP contribution in [-0.2, 0) is 0 Å². The van der Waals surface area contributed by atoms with Crippen molar-refractivity contribution in [2.75, 3.05) is 32.7 Å². The minimum Gasteiger partial charge on any atom is -0.336 e. The standard InChI is InChI=1S/C15H22N2O/c1-4-16-7-9-17(10-8-16)15(18)14-6-5-12(2)13(3)11-14/h5-6,11H,4,7-10H2,1-3H3. The Balaban J connectivity index is 2.05. The number of aryl methyl sites for hydroxylation is 2. The lowest BCUT2D eigenvalue weighted by Gasteiger charge is -2.34. The zero-order valence-corrected chi connectivity index (χ0v) is 11.6. The number of rotatable bonds is 2. The fourth-order valence-electron chi connectivity index (χ4n) is 2.32. The van der Waals surface area contributed by atoms with E-state index in [2.05, 4.69) is 25.7 Å². The minimum absolute atomic E-state index is 0.175. The SMILES string of the molecule is CCN1CCN(C(=O)c2ccc(C)c(C)c2)CC1. The number of hydrogen-bond acceptors (Lipinski definition) is 2. The van der Waals surface area contributed by atoms with Gasteiger partial charge in [0.15, 0.2) is 0 Å². The predicted molar refractivity (Wildman–Crippen MR) is 73.9 cm³/mol. The first-order chi connectivity index (χ1) is 8.61. The van der Waals surface area contributed by atoms with E-state index in [4.69, 9.17) is 0 Å². The lowest BCUT2D eigenvalue weighted by Crippen LogP contribution is -2.48. The molecule has 0 spiro atoms. The molecule has 1 aromatic rings. The van der Waals surface area contributed by atoms with Crippen LogP contribution in [0.2, 0.25) is 0 Å². The number of carbonyl (C=O) groups excluding carboxylic acids is 1. The molecule has 1 amide bonds. The lowest BCUT2D eigenvalue weighted by atomic mass is 10.1. The summed E-state index contributed by atoms with van der Waals surface area (Å²) in [5.41, 5.74) is 3.25. The largest absolute Gasteiger partial charge is 0.336 e. The lowest BCUT2D eigenvalue weighted by molar-refractivity contribution is 0.0643. The summed E-state index contributed by atoms with van der Waals surface area (Å²) in [5, 5.41) is 0. The van der Waals surface area contributed by atoms with Crippen molar-refractivity contribution in [3.8, 4) is 0 Å². The van der Waals surface area contributed by atoms with Crippen LogP contribution in [0.25, 0.3) is 0 Å². The molecule has 1 aliphatic heterocycles. The van der Waals surface area contributed by atoms with E-state index in [9.17, 15) is 4.79 Å². The maximum Gasteiger partial charge on any atom is 0.253 e. The molecule has 0 aliphatic carbocycles. The average molecular weight is 246 g/mol. The van der Waals surface area contributed by atoms with E-state index in [1.54, 1.807) is 0 Å². The van der Waals surface area contributed by atoms with E-state index >= 15 is 0 Å². The molecule has 0 unspecified atom stereocenters. The van der Waals surface area contributed by atoms with Gasteiger partial charge in [-0.2, -0.15) is 0 Å². The fourth-order valence-corrected chi connectivity index (χ4v) is 2.32. The Labute approximate surface area is 109 Å². The van der Waals surface area contributed by atoms with Crippen LogP contribution in [0.5, 0.6) is 0 Å². The van der Waals surface area contributed by atoms with Crippen LogP contribution < -0.4 is 0 Å². The number of carbonyl (C=O) groups is 1. The second kappa shape index (κ2) is 5.53. The topological polar surface area (TPSA) is 23.6 Å². The van der Waals surface area contributed by atoms with Crippen LogP contribution >= 0.6 is 0 Å². The van der Waals surface area contributed by atoms with Gasteiger partial charge in [-0.1, -0.05) is 13.0 Å². The van der Waals surface area contributed by atoms with Gasteiger partial charge in [-0.25, -0.2) is 0 Å². The molecular weight excluding hydrogens is 224 g/mol. The Morgan fingerprint density at radius 3 is 2.33 bits per heavy atom. The second-order valence-electron chi connectivity index (χ2n) is 5.03. The van der Waals surface area contributed by atoms with Gasteiger partial charge < -0.3 is 9.80 Å². The molecule has 0 radical (unpaired) electrons. The van der Waals surface area contributed by atoms with E-state index in [0.717, 1.165) is 38.3 Å². The first kappa shape index (κ1) is 13.1. The summed E-state index contributed by atoms with van der Waals surface area (Å²) in [6, 6.07) is 5.98. The molecular formula is C15H22N2O. The molecule has 1 aromatic carbocycles. The van der Waals surface area contributed by atoms with Crippen molar-refractivity contribution in [1.82, 2.24) is 9.80 Å². The van der Waals surface area contributed by atoms with Crippen molar-refractivity contribution >= 4 is 5.91 Å². The third-order valence-corrected chi connectivity index (χ3v) is 3.86. The van der Waals surface area contributed by atoms with Crippen LogP contribution in [0.4, 0.5) is 0 Å². The quantitative estimate of drug-likeness (QED) is 0.797. The molecule has 3 heteroatoms. The first-order valence-corrected chi connectivity index (χ1v) is 6.70. The molecule has 1 saturated heterocycles. The van der Waals surface area contributed by atoms with Crippen molar-refractivity contribution in [3.63, 3.8) is 0 Å². The summed E-state index contributed by atoms with van der Waals surface area (Å²) < 4.78 is 0. The van der Waals surface area contributed by atoms with Crippen LogP contribution in [0.3, 0.4) is 0 Å². The highest BCUT2D eigenvalue weighted by atomic mass is 16.2. The monoisotopic (exact) mass is 246 g/mol. The molecule has 3 nitrogen and oxygen atoms in total. The summed E-state index contributed by atoms with van der Waals surface area (Å²) in [4.78, 5) is 16.7. The number of nitrogens with zero attached hydrogens (tertiary/aromatic N) is 2. The van der Waals surface area contributed by atoms with Gasteiger partial charge in [0.05, 0.1) is 0 Å². The van der Waals surface area contributed by atoms with E-state index < -0.39 is 0 Å². The van der Waals surface area contributed by atoms with Crippen molar-refractivity contribution in [2.24, 2.45) is 0 Å². The summed E-state index contributed by atoms with van der Waals surface area (Å²) >= 11 is 0. The molecule has 0 saturated carbocycles. The number of piperazine rings is 1. The van der Waals surface area contributed by atoms with E-state index in [-0.39, 0.29) is 5.91 Å². The summed E-state index contributed by atoms with van der Waals surface area (Å²) in [5.74, 6) is 0.175. The third kappa shape index (κ3) is 2.72. The number of hydrogen-bond donors (Lipinski definition) is 0. The second-order valence-corrected chi connectivity index (χ2v) is 5.03. The number of benzene rings is 1. The molecule has 1 aliphatic rings. The van der Waals surface area contributed by atoms with Gasteiger partial charge in [0.1, 0.15) is 0 Å². The Morgan fingerprint density at radius 2 is 1.78 bits per heavy atom. The molecule has 1 heterocycles. The first-order valence-electron chi connectivity index (χ1n) is 6.70. The summed E-state index contributed by atoms with van der Waals surface area (Å²) in [7, 11) is 0. The van der Waals surface area contributed by atoms with Crippen LogP contribution in [0.1, 0.15) is 28.4 Å². The van der Waals surface area contributed by atoms with E-state index in [1.165, 1.54) is 11.1 Å². The Kier molecular flexibility index (Phi) is 4.02. The van der Waals surface area contributed by atoms with Gasteiger partial charge >= 0.3 is 0 Å². The van der Waals surface area contributed by atoms with E-state index in [0.29, 0.717) is 0 Å². The zero-order valence-electron chi connectivity index (χ0n) is 11.6. The smallest absolute Gasteiger partial charge is 0.253 e. The number of likely N-dealkylation sites (N-methyl/N-ethyl adjacent to an activating group) is 1. The van der Waals surface area contributed by atoms with Gasteiger partial charge in [-0.05, 0) is 43.7 Å². The van der Waals surface area contributed by atoms with Crippen molar-refractivity contribution in [3.05, 3.63) is 34.9 Å². The summed E-state index contributed by atoms with van der Waals surface area (Å²) in [6.07, 6.45) is 0. The van der Waals surface area contributed by atoms with Gasteiger partial charge in [-0.15, -0.1) is 0 Å². The molecule has 98 valence electrons. The van der Waals surface area contributed by atoms with Crippen LogP contribution in [0, 0.1) is 13.8 Å². The highest BCUT2D eigenvalue weighted by Gasteiger charge is 2.21. The molecule has 1 fully saturated rings. The zero-order chi connectivity index (χ0) is 13.1. The van der Waals surface area contributed by atoms with Gasteiger partial charge in [0.2, 0.25) is 0 Å². The summed E-state index contributed by atoms with van der Waals surface area (Å²) in [6.45, 7) is 11.1. The Morgan fingerprint density at radius 1 is 1.11 bits per heavy atom.